The lowest BCUT2D eigenvalue weighted by atomic mass is 10.1. The van der Waals surface area contributed by atoms with Gasteiger partial charge in [-0.1, -0.05) is 11.6 Å². The lowest BCUT2D eigenvalue weighted by Crippen LogP contribution is -2.46. The van der Waals surface area contributed by atoms with Crippen LogP contribution in [0.4, 0.5) is 4.79 Å². The summed E-state index contributed by atoms with van der Waals surface area (Å²) in [5, 5.41) is 20.0. The Morgan fingerprint density at radius 3 is 2.13 bits per heavy atom. The molecule has 1 fully saturated rings. The molecular weight excluding hydrogens is 430 g/mol. The summed E-state index contributed by atoms with van der Waals surface area (Å²) in [5.41, 5.74) is 0. The molecule has 0 atom stereocenters. The van der Waals surface area contributed by atoms with Crippen molar-refractivity contribution in [2.45, 2.75) is 23.0 Å². The first-order valence-electron chi connectivity index (χ1n) is 9.41. The van der Waals surface area contributed by atoms with E-state index in [1.807, 2.05) is 42.9 Å². The fraction of sp³-hybridized carbons (Fsp3) is 0.450. The van der Waals surface area contributed by atoms with E-state index in [0.29, 0.717) is 23.9 Å². The number of amides is 2. The number of nitrogens with zero attached hydrogens (tertiary/aromatic N) is 2. The summed E-state index contributed by atoms with van der Waals surface area (Å²) in [7, 11) is 4.01. The third kappa shape index (κ3) is 11.7. The van der Waals surface area contributed by atoms with Gasteiger partial charge in [-0.15, -0.1) is 11.8 Å². The number of carbonyl (C=O) groups is 3. The highest BCUT2D eigenvalue weighted by molar-refractivity contribution is 8.00. The summed E-state index contributed by atoms with van der Waals surface area (Å²) in [6.45, 7) is 3.23. The maximum Gasteiger partial charge on any atom is 0.328 e. The largest absolute Gasteiger partial charge is 0.478 e. The number of piperidine rings is 1. The van der Waals surface area contributed by atoms with Crippen LogP contribution in [0.5, 0.6) is 0 Å². The highest BCUT2D eigenvalue weighted by Gasteiger charge is 2.23. The van der Waals surface area contributed by atoms with E-state index in [1.165, 1.54) is 4.90 Å². The highest BCUT2D eigenvalue weighted by Crippen LogP contribution is 2.30. The monoisotopic (exact) mass is 457 g/mol. The Kier molecular flexibility index (Phi) is 12.0. The number of hydrogen-bond donors (Lipinski definition) is 3. The minimum atomic E-state index is -1.26. The van der Waals surface area contributed by atoms with E-state index in [4.69, 9.17) is 21.8 Å². The van der Waals surface area contributed by atoms with E-state index in [0.717, 1.165) is 37.5 Å². The molecule has 1 aliphatic heterocycles. The smallest absolute Gasteiger partial charge is 0.328 e. The highest BCUT2D eigenvalue weighted by atomic mass is 35.5. The molecule has 0 spiro atoms. The van der Waals surface area contributed by atoms with Crippen LogP contribution >= 0.6 is 23.4 Å². The molecule has 3 N–H and O–H groups in total. The SMILES string of the molecule is CN(C)CCNC(=O)N1CCC(Sc2ccc(Cl)cc2)CC1.O=C(O)/C=C\C(=O)O. The van der Waals surface area contributed by atoms with Gasteiger partial charge in [-0.05, 0) is 51.2 Å². The number of carbonyl (C=O) groups excluding carboxylic acids is 1. The van der Waals surface area contributed by atoms with Crippen LogP contribution in [0.25, 0.3) is 0 Å². The van der Waals surface area contributed by atoms with Crippen molar-refractivity contribution in [2.75, 3.05) is 40.3 Å². The van der Waals surface area contributed by atoms with Gasteiger partial charge in [-0.25, -0.2) is 14.4 Å². The standard InChI is InChI=1S/C16H24ClN3OS.C4H4O4/c1-19(2)12-9-18-16(21)20-10-7-15(8-11-20)22-14-5-3-13(17)4-6-14;5-3(6)1-2-4(7)8/h3-6,15H,7-12H2,1-2H3,(H,18,21);1-2H,(H,5,6)(H,7,8)/b;2-1-. The molecule has 0 bridgehead atoms. The first kappa shape index (κ1) is 25.8. The maximum atomic E-state index is 12.1. The number of urea groups is 1. The van der Waals surface area contributed by atoms with Crippen molar-refractivity contribution < 1.29 is 24.6 Å². The molecule has 0 saturated carbocycles. The summed E-state index contributed by atoms with van der Waals surface area (Å²) in [6.07, 6.45) is 3.19. The second kappa shape index (κ2) is 13.9. The molecule has 1 aromatic rings. The second-order valence-electron chi connectivity index (χ2n) is 6.80. The van der Waals surface area contributed by atoms with Crippen LogP contribution < -0.4 is 5.32 Å². The van der Waals surface area contributed by atoms with Crippen molar-refractivity contribution in [2.24, 2.45) is 0 Å². The molecule has 8 nitrogen and oxygen atoms in total. The number of nitrogens with one attached hydrogen (secondary N) is 1. The van der Waals surface area contributed by atoms with E-state index in [-0.39, 0.29) is 6.03 Å². The maximum absolute atomic E-state index is 12.1. The van der Waals surface area contributed by atoms with Crippen molar-refractivity contribution in [3.05, 3.63) is 41.4 Å². The summed E-state index contributed by atoms with van der Waals surface area (Å²) in [6, 6.07) is 8.05. The van der Waals surface area contributed by atoms with Gasteiger partial charge in [-0.3, -0.25) is 0 Å². The van der Waals surface area contributed by atoms with Crippen LogP contribution in [0.3, 0.4) is 0 Å². The number of hydrogen-bond acceptors (Lipinski definition) is 5. The molecule has 10 heteroatoms. The molecular formula is C20H28ClN3O5S. The Morgan fingerprint density at radius 2 is 1.67 bits per heavy atom. The zero-order chi connectivity index (χ0) is 22.5. The number of carboxylic acids is 2. The lowest BCUT2D eigenvalue weighted by Gasteiger charge is -2.31. The van der Waals surface area contributed by atoms with E-state index in [2.05, 4.69) is 22.3 Å². The second-order valence-corrected chi connectivity index (χ2v) is 8.61. The van der Waals surface area contributed by atoms with Gasteiger partial charge in [0.15, 0.2) is 0 Å². The number of likely N-dealkylation sites (tertiary alicyclic amines) is 1. The number of carboxylic acid groups (broad SMARTS) is 2. The van der Waals surface area contributed by atoms with Gasteiger partial charge in [0.05, 0.1) is 0 Å². The van der Waals surface area contributed by atoms with Crippen LogP contribution in [0.1, 0.15) is 12.8 Å². The Bertz CT molecular complexity index is 704. The van der Waals surface area contributed by atoms with E-state index in [1.54, 1.807) is 0 Å². The van der Waals surface area contributed by atoms with Crippen LogP contribution in [-0.4, -0.2) is 83.5 Å². The fourth-order valence-corrected chi connectivity index (χ4v) is 3.77. The van der Waals surface area contributed by atoms with Crippen LogP contribution in [0.15, 0.2) is 41.3 Å². The van der Waals surface area contributed by atoms with E-state index in [9.17, 15) is 14.4 Å². The minimum absolute atomic E-state index is 0.0665. The van der Waals surface area contributed by atoms with Gasteiger partial charge < -0.3 is 25.3 Å². The van der Waals surface area contributed by atoms with Gasteiger partial charge in [-0.2, -0.15) is 0 Å². The molecule has 0 aliphatic carbocycles. The van der Waals surface area contributed by atoms with Crippen LogP contribution in [-0.2, 0) is 9.59 Å². The molecule has 1 aliphatic rings. The molecule has 1 aromatic carbocycles. The normalized spacial score (nSPS) is 14.3. The predicted octanol–water partition coefficient (Wildman–Crippen LogP) is 2.88. The number of thioether (sulfide) groups is 1. The van der Waals surface area contributed by atoms with Gasteiger partial charge in [0.25, 0.3) is 0 Å². The number of halogens is 1. The van der Waals surface area contributed by atoms with Gasteiger partial charge in [0, 0.05) is 53.5 Å². The topological polar surface area (TPSA) is 110 Å². The first-order valence-corrected chi connectivity index (χ1v) is 10.7. The fourth-order valence-electron chi connectivity index (χ4n) is 2.52. The summed E-state index contributed by atoms with van der Waals surface area (Å²) in [4.78, 5) is 36.4. The van der Waals surface area contributed by atoms with Crippen molar-refractivity contribution in [3.8, 4) is 0 Å². The quantitative estimate of drug-likeness (QED) is 0.540. The number of likely N-dealkylation sites (N-methyl/N-ethyl adjacent to an activating group) is 1. The Balaban J connectivity index is 0.000000479. The van der Waals surface area contributed by atoms with E-state index >= 15 is 0 Å². The van der Waals surface area contributed by atoms with E-state index < -0.39 is 11.9 Å². The third-order valence-electron chi connectivity index (χ3n) is 4.05. The molecule has 0 radical (unpaired) electrons. The molecule has 2 rings (SSSR count). The Morgan fingerprint density at radius 1 is 1.13 bits per heavy atom. The molecule has 166 valence electrons. The Hall–Kier alpha value is -2.23. The Labute approximate surface area is 185 Å². The molecule has 0 unspecified atom stereocenters. The third-order valence-corrected chi connectivity index (χ3v) is 5.65. The number of aliphatic carboxylic acids is 2. The summed E-state index contributed by atoms with van der Waals surface area (Å²) in [5.74, 6) is -2.51. The predicted molar refractivity (Wildman–Crippen MR) is 118 cm³/mol. The van der Waals surface area contributed by atoms with Gasteiger partial charge in [0.2, 0.25) is 0 Å². The molecule has 1 heterocycles. The van der Waals surface area contributed by atoms with Crippen molar-refractivity contribution >= 4 is 41.3 Å². The average molecular weight is 458 g/mol. The lowest BCUT2D eigenvalue weighted by molar-refractivity contribution is -0.134. The minimum Gasteiger partial charge on any atom is -0.478 e. The first-order chi connectivity index (χ1) is 14.2. The summed E-state index contributed by atoms with van der Waals surface area (Å²) >= 11 is 7.79. The molecule has 0 aromatic heterocycles. The van der Waals surface area contributed by atoms with Crippen molar-refractivity contribution in [3.63, 3.8) is 0 Å². The molecule has 1 saturated heterocycles. The van der Waals surface area contributed by atoms with Crippen molar-refractivity contribution in [1.82, 2.24) is 15.1 Å². The molecule has 2 amide bonds. The zero-order valence-corrected chi connectivity index (χ0v) is 18.7. The van der Waals surface area contributed by atoms with Gasteiger partial charge >= 0.3 is 18.0 Å². The summed E-state index contributed by atoms with van der Waals surface area (Å²) < 4.78 is 0. The number of rotatable bonds is 7. The zero-order valence-electron chi connectivity index (χ0n) is 17.1. The number of benzene rings is 1. The van der Waals surface area contributed by atoms with Gasteiger partial charge in [0.1, 0.15) is 0 Å². The van der Waals surface area contributed by atoms with Crippen LogP contribution in [0.2, 0.25) is 5.02 Å². The molecule has 30 heavy (non-hydrogen) atoms. The van der Waals surface area contributed by atoms with Crippen LogP contribution in [0, 0.1) is 0 Å². The van der Waals surface area contributed by atoms with Crippen molar-refractivity contribution in [1.29, 1.82) is 0 Å². The average Bonchev–Trinajstić information content (AvgIpc) is 2.69.